The number of nitrogens with zero attached hydrogens (tertiary/aromatic N) is 1. The first kappa shape index (κ1) is 11.9. The molecule has 0 aromatic carbocycles. The summed E-state index contributed by atoms with van der Waals surface area (Å²) in [7, 11) is 1.43. The first-order chi connectivity index (χ1) is 6.00. The van der Waals surface area contributed by atoms with Gasteiger partial charge < -0.3 is 14.8 Å². The molecule has 0 saturated heterocycles. The van der Waals surface area contributed by atoms with Crippen molar-refractivity contribution in [2.24, 2.45) is 5.90 Å². The predicted molar refractivity (Wildman–Crippen MR) is 44.6 cm³/mol. The maximum atomic E-state index is 11.2. The van der Waals surface area contributed by atoms with E-state index in [0.29, 0.717) is 0 Å². The van der Waals surface area contributed by atoms with Crippen LogP contribution >= 0.6 is 0 Å². The topological polar surface area (TPSA) is 92.9 Å². The molecule has 0 saturated carbocycles. The summed E-state index contributed by atoms with van der Waals surface area (Å²) in [6.07, 6.45) is 0.0879. The molecule has 0 aliphatic heterocycles. The molecule has 1 amide bonds. The molecule has 0 aliphatic rings. The van der Waals surface area contributed by atoms with E-state index in [1.54, 1.807) is 0 Å². The number of hydrogen-bond donors (Lipinski definition) is 2. The van der Waals surface area contributed by atoms with Crippen LogP contribution in [0, 0.1) is 0 Å². The summed E-state index contributed by atoms with van der Waals surface area (Å²) in [5.41, 5.74) is 0. The van der Waals surface area contributed by atoms with Crippen molar-refractivity contribution in [1.29, 1.82) is 0 Å². The van der Waals surface area contributed by atoms with E-state index in [1.807, 2.05) is 0 Å². The largest absolute Gasteiger partial charge is 0.480 e. The molecule has 1 unspecified atom stereocenters. The van der Waals surface area contributed by atoms with Gasteiger partial charge in [-0.05, 0) is 6.92 Å². The number of likely N-dealkylation sites (N-methyl/N-ethyl adjacent to an activating group) is 1. The summed E-state index contributed by atoms with van der Waals surface area (Å²) in [5, 5.41) is 8.58. The number of aliphatic carboxylic acids is 1. The summed E-state index contributed by atoms with van der Waals surface area (Å²) >= 11 is 0. The van der Waals surface area contributed by atoms with E-state index in [-0.39, 0.29) is 18.9 Å². The Bertz CT molecular complexity index is 195. The van der Waals surface area contributed by atoms with E-state index < -0.39 is 12.0 Å². The van der Waals surface area contributed by atoms with E-state index in [9.17, 15) is 9.59 Å². The second-order valence-electron chi connectivity index (χ2n) is 2.64. The summed E-state index contributed by atoms with van der Waals surface area (Å²) in [6, 6.07) is -0.828. The number of carboxylic acids is 1. The Kier molecular flexibility index (Phi) is 5.01. The van der Waals surface area contributed by atoms with Gasteiger partial charge in [-0.25, -0.2) is 10.7 Å². The molecule has 0 rings (SSSR count). The smallest absolute Gasteiger partial charge is 0.326 e. The van der Waals surface area contributed by atoms with Crippen LogP contribution in [0.15, 0.2) is 0 Å². The SMILES string of the molecule is CC(C(=O)O)N(C)C(=O)CCON. The molecule has 13 heavy (non-hydrogen) atoms. The minimum atomic E-state index is -1.04. The molecule has 6 nitrogen and oxygen atoms in total. The number of carboxylic acid groups (broad SMARTS) is 1. The fraction of sp³-hybridized carbons (Fsp3) is 0.714. The molecule has 0 aliphatic carbocycles. The molecule has 1 atom stereocenters. The van der Waals surface area contributed by atoms with Gasteiger partial charge in [0.25, 0.3) is 0 Å². The second-order valence-corrected chi connectivity index (χ2v) is 2.64. The van der Waals surface area contributed by atoms with Gasteiger partial charge in [0, 0.05) is 7.05 Å². The first-order valence-electron chi connectivity index (χ1n) is 3.80. The summed E-state index contributed by atoms with van der Waals surface area (Å²) in [6.45, 7) is 1.53. The molecule has 0 aromatic rings. The van der Waals surface area contributed by atoms with Gasteiger partial charge in [0.1, 0.15) is 6.04 Å². The Morgan fingerprint density at radius 2 is 2.15 bits per heavy atom. The highest BCUT2D eigenvalue weighted by molar-refractivity contribution is 5.83. The maximum Gasteiger partial charge on any atom is 0.326 e. The van der Waals surface area contributed by atoms with Crippen LogP contribution in [0.5, 0.6) is 0 Å². The van der Waals surface area contributed by atoms with Crippen LogP contribution in [0.2, 0.25) is 0 Å². The van der Waals surface area contributed by atoms with E-state index in [1.165, 1.54) is 14.0 Å². The quantitative estimate of drug-likeness (QED) is 0.553. The van der Waals surface area contributed by atoms with Crippen molar-refractivity contribution in [2.45, 2.75) is 19.4 Å². The van der Waals surface area contributed by atoms with Gasteiger partial charge in [0.05, 0.1) is 13.0 Å². The lowest BCUT2D eigenvalue weighted by atomic mass is 10.3. The Morgan fingerprint density at radius 1 is 1.62 bits per heavy atom. The number of carbonyl (C=O) groups is 2. The number of carbonyl (C=O) groups excluding carboxylic acids is 1. The highest BCUT2D eigenvalue weighted by Gasteiger charge is 2.20. The molecule has 0 heterocycles. The Labute approximate surface area is 76.2 Å². The molecule has 0 spiro atoms. The lowest BCUT2D eigenvalue weighted by molar-refractivity contribution is -0.148. The summed E-state index contributed by atoms with van der Waals surface area (Å²) in [5.74, 6) is 3.38. The summed E-state index contributed by atoms with van der Waals surface area (Å²) in [4.78, 5) is 27.0. The fourth-order valence-corrected chi connectivity index (χ4v) is 0.704. The van der Waals surface area contributed by atoms with Gasteiger partial charge in [-0.1, -0.05) is 0 Å². The molecule has 0 bridgehead atoms. The van der Waals surface area contributed by atoms with Crippen LogP contribution < -0.4 is 5.90 Å². The van der Waals surface area contributed by atoms with Gasteiger partial charge in [-0.15, -0.1) is 0 Å². The maximum absolute atomic E-state index is 11.2. The molecular weight excluding hydrogens is 176 g/mol. The van der Waals surface area contributed by atoms with Crippen molar-refractivity contribution in [3.05, 3.63) is 0 Å². The fourth-order valence-electron chi connectivity index (χ4n) is 0.704. The summed E-state index contributed by atoms with van der Waals surface area (Å²) < 4.78 is 0. The van der Waals surface area contributed by atoms with Gasteiger partial charge >= 0.3 is 5.97 Å². The standard InChI is InChI=1S/C7H14N2O4/c1-5(7(11)12)9(2)6(10)3-4-13-8/h5H,3-4,8H2,1-2H3,(H,11,12). The Balaban J connectivity index is 4.01. The normalized spacial score (nSPS) is 12.2. The third kappa shape index (κ3) is 3.86. The molecule has 6 heteroatoms. The predicted octanol–water partition coefficient (Wildman–Crippen LogP) is -0.802. The van der Waals surface area contributed by atoms with Crippen molar-refractivity contribution < 1.29 is 19.5 Å². The van der Waals surface area contributed by atoms with Crippen LogP contribution in [-0.4, -0.2) is 41.6 Å². The van der Waals surface area contributed by atoms with Crippen molar-refractivity contribution in [3.8, 4) is 0 Å². The van der Waals surface area contributed by atoms with Gasteiger partial charge in [0.15, 0.2) is 0 Å². The van der Waals surface area contributed by atoms with Crippen molar-refractivity contribution in [3.63, 3.8) is 0 Å². The number of nitrogens with two attached hydrogens (primary N) is 1. The lowest BCUT2D eigenvalue weighted by Crippen LogP contribution is -2.40. The van der Waals surface area contributed by atoms with E-state index in [0.717, 1.165) is 4.90 Å². The third-order valence-electron chi connectivity index (χ3n) is 1.77. The lowest BCUT2D eigenvalue weighted by Gasteiger charge is -2.20. The van der Waals surface area contributed by atoms with Crippen LogP contribution in [0.1, 0.15) is 13.3 Å². The molecule has 0 fully saturated rings. The zero-order chi connectivity index (χ0) is 10.4. The third-order valence-corrected chi connectivity index (χ3v) is 1.77. The van der Waals surface area contributed by atoms with E-state index in [4.69, 9.17) is 11.0 Å². The number of amides is 1. The second kappa shape index (κ2) is 5.50. The molecule has 0 aromatic heterocycles. The van der Waals surface area contributed by atoms with Gasteiger partial charge in [-0.3, -0.25) is 4.79 Å². The van der Waals surface area contributed by atoms with Crippen LogP contribution in [0.4, 0.5) is 0 Å². The van der Waals surface area contributed by atoms with Crippen LogP contribution in [0.3, 0.4) is 0 Å². The minimum absolute atomic E-state index is 0.0879. The monoisotopic (exact) mass is 190 g/mol. The zero-order valence-corrected chi connectivity index (χ0v) is 7.69. The molecule has 3 N–H and O–H groups in total. The van der Waals surface area contributed by atoms with E-state index >= 15 is 0 Å². The van der Waals surface area contributed by atoms with E-state index in [2.05, 4.69) is 4.84 Å². The minimum Gasteiger partial charge on any atom is -0.480 e. The van der Waals surface area contributed by atoms with Crippen molar-refractivity contribution in [2.75, 3.05) is 13.7 Å². The average Bonchev–Trinajstić information content (AvgIpc) is 2.11. The van der Waals surface area contributed by atoms with Crippen molar-refractivity contribution >= 4 is 11.9 Å². The molecule has 76 valence electrons. The average molecular weight is 190 g/mol. The Morgan fingerprint density at radius 3 is 2.54 bits per heavy atom. The van der Waals surface area contributed by atoms with Crippen LogP contribution in [0.25, 0.3) is 0 Å². The number of hydrogen-bond acceptors (Lipinski definition) is 4. The molecular formula is C7H14N2O4. The van der Waals surface area contributed by atoms with Gasteiger partial charge in [-0.2, -0.15) is 0 Å². The highest BCUT2D eigenvalue weighted by Crippen LogP contribution is 1.98. The zero-order valence-electron chi connectivity index (χ0n) is 7.69. The molecule has 0 radical (unpaired) electrons. The van der Waals surface area contributed by atoms with Crippen LogP contribution in [-0.2, 0) is 14.4 Å². The van der Waals surface area contributed by atoms with Gasteiger partial charge in [0.2, 0.25) is 5.91 Å². The Hall–Kier alpha value is -1.14. The highest BCUT2D eigenvalue weighted by atomic mass is 16.6. The van der Waals surface area contributed by atoms with Crippen molar-refractivity contribution in [1.82, 2.24) is 4.90 Å². The number of rotatable bonds is 5. The first-order valence-corrected chi connectivity index (χ1v) is 3.80.